The summed E-state index contributed by atoms with van der Waals surface area (Å²) in [5, 5.41) is 15.3. The van der Waals surface area contributed by atoms with Gasteiger partial charge in [-0.05, 0) is 46.5 Å². The lowest BCUT2D eigenvalue weighted by Crippen LogP contribution is -2.38. The number of amides is 2. The van der Waals surface area contributed by atoms with Gasteiger partial charge >= 0.3 is 0 Å². The minimum absolute atomic E-state index is 0. The molecular formula is C33H29N3O5. The van der Waals surface area contributed by atoms with E-state index in [1.165, 1.54) is 0 Å². The van der Waals surface area contributed by atoms with Crippen molar-refractivity contribution in [3.63, 3.8) is 0 Å². The average molecular weight is 548 g/mol. The maximum absolute atomic E-state index is 13.3. The van der Waals surface area contributed by atoms with E-state index < -0.39 is 23.4 Å². The van der Waals surface area contributed by atoms with E-state index in [4.69, 9.17) is 4.98 Å². The van der Waals surface area contributed by atoms with Crippen LogP contribution in [0.4, 0.5) is 0 Å². The molecular weight excluding hydrogens is 518 g/mol. The molecule has 2 amide bonds. The number of hydrogen-bond acceptors (Lipinski definition) is 5. The molecule has 2 fully saturated rings. The summed E-state index contributed by atoms with van der Waals surface area (Å²) in [7, 11) is 0. The van der Waals surface area contributed by atoms with Gasteiger partial charge in [-0.1, -0.05) is 78.9 Å². The molecule has 206 valence electrons. The first kappa shape index (κ1) is 27.8. The number of carbonyl (C=O) groups is 2. The van der Waals surface area contributed by atoms with Gasteiger partial charge in [0, 0.05) is 29.8 Å². The topological polar surface area (TPSA) is 155 Å². The first-order valence-corrected chi connectivity index (χ1v) is 13.1. The number of hydrogen-bond donors (Lipinski definition) is 2. The Bertz CT molecular complexity index is 1560. The molecule has 2 aromatic carbocycles. The van der Waals surface area contributed by atoms with Crippen LogP contribution in [0.2, 0.25) is 0 Å². The van der Waals surface area contributed by atoms with E-state index in [2.05, 4.69) is 10.3 Å². The minimum atomic E-state index is -1.60. The van der Waals surface area contributed by atoms with Gasteiger partial charge in [-0.2, -0.15) is 0 Å². The van der Waals surface area contributed by atoms with Crippen LogP contribution in [0.3, 0.4) is 0 Å². The summed E-state index contributed by atoms with van der Waals surface area (Å²) in [5.74, 6) is -2.62. The zero-order chi connectivity index (χ0) is 26.6. The standard InChI is InChI=1S/C33H25N3O3.2H2O/c37-31-28-22-19-23(33(39,21-13-5-2-6-14-21)25-16-8-10-18-35-25)29(30(28)32(38)36-31)27(22)26(20-11-3-1-4-12-20)24-15-7-9-17-34-24;;/h1-19,22,28-30,39H,(H,36,37,38);2*1H2/b27-26+;;. The number of nitrogens with one attached hydrogen (secondary N) is 1. The normalized spacial score (nSPS) is 24.8. The van der Waals surface area contributed by atoms with Gasteiger partial charge < -0.3 is 16.1 Å². The molecule has 7 rings (SSSR count). The molecule has 1 saturated heterocycles. The monoisotopic (exact) mass is 547 g/mol. The number of carbonyl (C=O) groups excluding carboxylic acids is 2. The fourth-order valence-electron chi connectivity index (χ4n) is 6.77. The predicted molar refractivity (Wildman–Crippen MR) is 153 cm³/mol. The number of pyridine rings is 2. The van der Waals surface area contributed by atoms with Gasteiger partial charge in [-0.3, -0.25) is 24.9 Å². The third-order valence-electron chi connectivity index (χ3n) is 8.29. The first-order valence-electron chi connectivity index (χ1n) is 13.1. The van der Waals surface area contributed by atoms with Crippen molar-refractivity contribution in [2.45, 2.75) is 5.60 Å². The highest BCUT2D eigenvalue weighted by Gasteiger charge is 2.64. The van der Waals surface area contributed by atoms with Crippen molar-refractivity contribution in [1.29, 1.82) is 0 Å². The molecule has 4 aromatic rings. The van der Waals surface area contributed by atoms with Gasteiger partial charge in [-0.15, -0.1) is 0 Å². The summed E-state index contributed by atoms with van der Waals surface area (Å²) < 4.78 is 0. The van der Waals surface area contributed by atoms with E-state index in [1.807, 2.05) is 97.1 Å². The molecule has 6 N–H and O–H groups in total. The Morgan fingerprint density at radius 2 is 1.34 bits per heavy atom. The molecule has 3 aliphatic rings. The Balaban J connectivity index is 0.00000169. The zero-order valence-electron chi connectivity index (χ0n) is 21.9. The van der Waals surface area contributed by atoms with Crippen LogP contribution in [-0.4, -0.2) is 37.8 Å². The Morgan fingerprint density at radius 1 is 0.732 bits per heavy atom. The Morgan fingerprint density at radius 3 is 1.98 bits per heavy atom. The molecule has 0 spiro atoms. The summed E-state index contributed by atoms with van der Waals surface area (Å²) in [6.07, 6.45) is 5.41. The average Bonchev–Trinajstić information content (AvgIpc) is 3.63. The Kier molecular flexibility index (Phi) is 7.23. The maximum Gasteiger partial charge on any atom is 0.231 e. The molecule has 5 unspecified atom stereocenters. The summed E-state index contributed by atoms with van der Waals surface area (Å²) in [6.45, 7) is 0. The van der Waals surface area contributed by atoms with Crippen molar-refractivity contribution in [2.24, 2.45) is 23.7 Å². The molecule has 5 atom stereocenters. The maximum atomic E-state index is 13.3. The van der Waals surface area contributed by atoms with Crippen LogP contribution >= 0.6 is 0 Å². The van der Waals surface area contributed by atoms with E-state index in [9.17, 15) is 14.7 Å². The molecule has 2 aromatic heterocycles. The summed E-state index contributed by atoms with van der Waals surface area (Å²) in [6, 6.07) is 30.6. The van der Waals surface area contributed by atoms with Gasteiger partial charge in [-0.25, -0.2) is 0 Å². The van der Waals surface area contributed by atoms with E-state index in [1.54, 1.807) is 18.5 Å². The van der Waals surface area contributed by atoms with E-state index in [0.29, 0.717) is 16.8 Å². The van der Waals surface area contributed by atoms with Crippen LogP contribution in [-0.2, 0) is 15.2 Å². The third kappa shape index (κ3) is 4.12. The second-order valence-corrected chi connectivity index (χ2v) is 10.2. The lowest BCUT2D eigenvalue weighted by atomic mass is 9.71. The lowest BCUT2D eigenvalue weighted by molar-refractivity contribution is -0.126. The highest BCUT2D eigenvalue weighted by atomic mass is 16.3. The number of aliphatic hydroxyl groups is 1. The smallest absolute Gasteiger partial charge is 0.231 e. The Labute approximate surface area is 236 Å². The van der Waals surface area contributed by atoms with Crippen LogP contribution in [0.15, 0.2) is 127 Å². The Hall–Kier alpha value is -4.76. The highest BCUT2D eigenvalue weighted by molar-refractivity contribution is 6.08. The molecule has 8 nitrogen and oxygen atoms in total. The van der Waals surface area contributed by atoms with Gasteiger partial charge in [0.1, 0.15) is 0 Å². The van der Waals surface area contributed by atoms with Crippen molar-refractivity contribution < 1.29 is 25.6 Å². The van der Waals surface area contributed by atoms with Crippen LogP contribution in [0.25, 0.3) is 5.57 Å². The van der Waals surface area contributed by atoms with E-state index in [0.717, 1.165) is 22.4 Å². The number of aromatic nitrogens is 2. The van der Waals surface area contributed by atoms with Gasteiger partial charge in [0.2, 0.25) is 11.8 Å². The van der Waals surface area contributed by atoms with Crippen LogP contribution in [0, 0.1) is 23.7 Å². The lowest BCUT2D eigenvalue weighted by Gasteiger charge is -2.36. The molecule has 8 heteroatoms. The van der Waals surface area contributed by atoms with Crippen LogP contribution < -0.4 is 5.32 Å². The first-order chi connectivity index (χ1) is 19.1. The summed E-state index contributed by atoms with van der Waals surface area (Å²) in [4.78, 5) is 35.7. The fourth-order valence-corrected chi connectivity index (χ4v) is 6.77. The summed E-state index contributed by atoms with van der Waals surface area (Å²) >= 11 is 0. The van der Waals surface area contributed by atoms with Crippen LogP contribution in [0.1, 0.15) is 22.5 Å². The number of allylic oxidation sites excluding steroid dienone is 2. The van der Waals surface area contributed by atoms with Crippen LogP contribution in [0.5, 0.6) is 0 Å². The molecule has 1 saturated carbocycles. The fraction of sp³-hybridized carbons (Fsp3) is 0.152. The van der Waals surface area contributed by atoms with Crippen molar-refractivity contribution in [3.05, 3.63) is 149 Å². The molecule has 41 heavy (non-hydrogen) atoms. The molecule has 0 radical (unpaired) electrons. The van der Waals surface area contributed by atoms with E-state index >= 15 is 0 Å². The van der Waals surface area contributed by atoms with Crippen molar-refractivity contribution in [3.8, 4) is 0 Å². The number of fused-ring (bicyclic) bond motifs is 5. The second-order valence-electron chi connectivity index (χ2n) is 10.2. The molecule has 2 aliphatic carbocycles. The molecule has 2 bridgehead atoms. The van der Waals surface area contributed by atoms with Crippen molar-refractivity contribution in [2.75, 3.05) is 0 Å². The number of benzene rings is 2. The third-order valence-corrected chi connectivity index (χ3v) is 8.29. The predicted octanol–water partition coefficient (Wildman–Crippen LogP) is 2.64. The number of rotatable bonds is 5. The van der Waals surface area contributed by atoms with Crippen molar-refractivity contribution >= 4 is 17.4 Å². The highest BCUT2D eigenvalue weighted by Crippen LogP contribution is 2.63. The second kappa shape index (κ2) is 10.7. The summed E-state index contributed by atoms with van der Waals surface area (Å²) in [5.41, 5.74) is 3.74. The quantitative estimate of drug-likeness (QED) is 0.290. The van der Waals surface area contributed by atoms with Crippen molar-refractivity contribution in [1.82, 2.24) is 15.3 Å². The number of nitrogens with zero attached hydrogens (tertiary/aromatic N) is 2. The largest absolute Gasteiger partial charge is 0.412 e. The number of imide groups is 1. The van der Waals surface area contributed by atoms with Gasteiger partial charge in [0.25, 0.3) is 0 Å². The van der Waals surface area contributed by atoms with Gasteiger partial charge in [0.15, 0.2) is 5.60 Å². The zero-order valence-corrected chi connectivity index (χ0v) is 21.9. The minimum Gasteiger partial charge on any atom is -0.412 e. The van der Waals surface area contributed by atoms with E-state index in [-0.39, 0.29) is 28.7 Å². The molecule has 3 heterocycles. The molecule has 1 aliphatic heterocycles. The SMILES string of the molecule is O.O.O=C1NC(=O)C2C3C(C(O)(c4ccccc4)c4ccccn4)=CC(/C3=C(/c3ccccc3)c3ccccn3)C12. The van der Waals surface area contributed by atoms with Gasteiger partial charge in [0.05, 0.1) is 23.2 Å².